The molecule has 0 aromatic rings. The van der Waals surface area contributed by atoms with Crippen LogP contribution in [0.1, 0.15) is 20.3 Å². The van der Waals surface area contributed by atoms with E-state index in [4.69, 9.17) is 10.2 Å². The van der Waals surface area contributed by atoms with Crippen LogP contribution in [0.3, 0.4) is 0 Å². The number of hydrogen-bond donors (Lipinski definition) is 1. The average molecular weight is 175 g/mol. The average Bonchev–Trinajstić information content (AvgIpc) is 2.08. The highest BCUT2D eigenvalue weighted by molar-refractivity contribution is 6.73. The van der Waals surface area contributed by atoms with Crippen molar-refractivity contribution in [2.45, 2.75) is 38.4 Å². The van der Waals surface area contributed by atoms with E-state index < -0.39 is 8.32 Å². The van der Waals surface area contributed by atoms with Crippen LogP contribution in [-0.2, 0) is 4.43 Å². The van der Waals surface area contributed by atoms with Crippen molar-refractivity contribution in [3.05, 3.63) is 0 Å². The molecule has 0 amide bonds. The van der Waals surface area contributed by atoms with Gasteiger partial charge in [0.2, 0.25) is 0 Å². The Balaban J connectivity index is 3.84. The van der Waals surface area contributed by atoms with Gasteiger partial charge in [0.15, 0.2) is 8.32 Å². The minimum Gasteiger partial charge on any atom is -0.420 e. The standard InChI is InChI=1S/C8H21NOSi/c1-4-11(5-2,10-3)8-6-7-9/h4-9H2,1-3H3. The van der Waals surface area contributed by atoms with E-state index in [2.05, 4.69) is 13.8 Å². The molecule has 2 N–H and O–H groups in total. The second-order valence-corrected chi connectivity index (χ2v) is 7.67. The van der Waals surface area contributed by atoms with Crippen molar-refractivity contribution in [1.82, 2.24) is 0 Å². The van der Waals surface area contributed by atoms with Crippen molar-refractivity contribution in [3.8, 4) is 0 Å². The van der Waals surface area contributed by atoms with Gasteiger partial charge >= 0.3 is 0 Å². The first-order valence-corrected chi connectivity index (χ1v) is 7.03. The maximum absolute atomic E-state index is 5.62. The fraction of sp³-hybridized carbons (Fsp3) is 1.00. The highest BCUT2D eigenvalue weighted by Gasteiger charge is 2.28. The molecule has 0 aliphatic rings. The van der Waals surface area contributed by atoms with Crippen molar-refractivity contribution >= 4 is 8.32 Å². The maximum Gasteiger partial charge on any atom is 0.191 e. The quantitative estimate of drug-likeness (QED) is 0.626. The molecule has 3 heteroatoms. The summed E-state index contributed by atoms with van der Waals surface area (Å²) in [4.78, 5) is 0. The van der Waals surface area contributed by atoms with E-state index in [9.17, 15) is 0 Å². The van der Waals surface area contributed by atoms with Crippen LogP contribution in [0.2, 0.25) is 18.1 Å². The lowest BCUT2D eigenvalue weighted by Gasteiger charge is -2.26. The summed E-state index contributed by atoms with van der Waals surface area (Å²) < 4.78 is 5.62. The zero-order valence-electron chi connectivity index (χ0n) is 8.02. The normalized spacial score (nSPS) is 12.0. The van der Waals surface area contributed by atoms with Gasteiger partial charge in [-0.25, -0.2) is 0 Å². The van der Waals surface area contributed by atoms with E-state index in [0.717, 1.165) is 13.0 Å². The maximum atomic E-state index is 5.62. The minimum atomic E-state index is -1.32. The molecule has 0 saturated heterocycles. The van der Waals surface area contributed by atoms with E-state index in [1.54, 1.807) is 0 Å². The van der Waals surface area contributed by atoms with Gasteiger partial charge in [-0.15, -0.1) is 0 Å². The van der Waals surface area contributed by atoms with Crippen LogP contribution < -0.4 is 5.73 Å². The molecule has 0 saturated carbocycles. The molecule has 0 unspecified atom stereocenters. The van der Waals surface area contributed by atoms with Crippen molar-refractivity contribution in [3.63, 3.8) is 0 Å². The van der Waals surface area contributed by atoms with Crippen LogP contribution >= 0.6 is 0 Å². The topological polar surface area (TPSA) is 35.2 Å². The monoisotopic (exact) mass is 175 g/mol. The molecule has 0 heterocycles. The summed E-state index contributed by atoms with van der Waals surface area (Å²) in [7, 11) is 0.539. The van der Waals surface area contributed by atoms with E-state index >= 15 is 0 Å². The molecule has 68 valence electrons. The van der Waals surface area contributed by atoms with Gasteiger partial charge in [-0.2, -0.15) is 0 Å². The predicted molar refractivity (Wildman–Crippen MR) is 52.2 cm³/mol. The highest BCUT2D eigenvalue weighted by atomic mass is 28.4. The third-order valence-corrected chi connectivity index (χ3v) is 7.27. The third kappa shape index (κ3) is 3.36. The highest BCUT2D eigenvalue weighted by Crippen LogP contribution is 2.22. The fourth-order valence-corrected chi connectivity index (χ4v) is 4.26. The lowest BCUT2D eigenvalue weighted by molar-refractivity contribution is 0.390. The molecule has 0 aliphatic carbocycles. The summed E-state index contributed by atoms with van der Waals surface area (Å²) in [6.45, 7) is 5.27. The third-order valence-electron chi connectivity index (χ3n) is 2.56. The summed E-state index contributed by atoms with van der Waals surface area (Å²) in [6, 6.07) is 3.67. The molecule has 0 aromatic carbocycles. The summed E-state index contributed by atoms with van der Waals surface area (Å²) in [5.41, 5.74) is 5.47. The Labute approximate surface area is 71.3 Å². The Morgan fingerprint density at radius 3 is 2.09 bits per heavy atom. The predicted octanol–water partition coefficient (Wildman–Crippen LogP) is 1.97. The second kappa shape index (κ2) is 5.74. The molecule has 11 heavy (non-hydrogen) atoms. The summed E-state index contributed by atoms with van der Waals surface area (Å²) in [5, 5.41) is 0. The largest absolute Gasteiger partial charge is 0.420 e. The lowest BCUT2D eigenvalue weighted by Crippen LogP contribution is -2.35. The summed E-state index contributed by atoms with van der Waals surface area (Å²) >= 11 is 0. The van der Waals surface area contributed by atoms with Crippen LogP contribution in [0, 0.1) is 0 Å². The second-order valence-electron chi connectivity index (χ2n) is 2.99. The molecule has 0 radical (unpaired) electrons. The van der Waals surface area contributed by atoms with E-state index in [1.807, 2.05) is 7.11 Å². The van der Waals surface area contributed by atoms with Crippen molar-refractivity contribution in [1.29, 1.82) is 0 Å². The van der Waals surface area contributed by atoms with Crippen LogP contribution in [0.5, 0.6) is 0 Å². The minimum absolute atomic E-state index is 0.804. The molecule has 0 bridgehead atoms. The van der Waals surface area contributed by atoms with Gasteiger partial charge in [-0.05, 0) is 31.1 Å². The SMILES string of the molecule is CC[Si](CC)(CCCN)OC. The zero-order valence-corrected chi connectivity index (χ0v) is 9.02. The number of rotatable bonds is 6. The van der Waals surface area contributed by atoms with Crippen molar-refractivity contribution in [2.24, 2.45) is 5.73 Å². The Morgan fingerprint density at radius 2 is 1.82 bits per heavy atom. The van der Waals surface area contributed by atoms with Gasteiger partial charge in [0.1, 0.15) is 0 Å². The van der Waals surface area contributed by atoms with Crippen LogP contribution in [-0.4, -0.2) is 22.0 Å². The van der Waals surface area contributed by atoms with Crippen LogP contribution in [0.25, 0.3) is 0 Å². The first-order valence-electron chi connectivity index (χ1n) is 4.50. The Bertz CT molecular complexity index is 85.8. The first kappa shape index (κ1) is 11.1. The van der Waals surface area contributed by atoms with E-state index in [-0.39, 0.29) is 0 Å². The smallest absolute Gasteiger partial charge is 0.191 e. The molecule has 2 nitrogen and oxygen atoms in total. The molecule has 0 fully saturated rings. The van der Waals surface area contributed by atoms with Gasteiger partial charge in [-0.1, -0.05) is 13.8 Å². The lowest BCUT2D eigenvalue weighted by atomic mass is 10.5. The van der Waals surface area contributed by atoms with Crippen molar-refractivity contribution < 1.29 is 4.43 Å². The summed E-state index contributed by atoms with van der Waals surface area (Å²) in [5.74, 6) is 0. The molecule has 0 atom stereocenters. The van der Waals surface area contributed by atoms with Gasteiger partial charge in [0.25, 0.3) is 0 Å². The number of hydrogen-bond acceptors (Lipinski definition) is 2. The Kier molecular flexibility index (Phi) is 5.82. The van der Waals surface area contributed by atoms with Gasteiger partial charge in [0, 0.05) is 7.11 Å². The molecule has 0 aromatic heterocycles. The van der Waals surface area contributed by atoms with E-state index in [0.29, 0.717) is 0 Å². The fourth-order valence-electron chi connectivity index (χ4n) is 1.42. The summed E-state index contributed by atoms with van der Waals surface area (Å²) in [6.07, 6.45) is 1.13. The zero-order chi connectivity index (χ0) is 8.74. The van der Waals surface area contributed by atoms with Gasteiger partial charge < -0.3 is 10.2 Å². The van der Waals surface area contributed by atoms with Gasteiger partial charge in [0.05, 0.1) is 0 Å². The van der Waals surface area contributed by atoms with E-state index in [1.165, 1.54) is 18.1 Å². The number of nitrogens with two attached hydrogens (primary N) is 1. The first-order chi connectivity index (χ1) is 5.24. The molecular formula is C8H21NOSi. The van der Waals surface area contributed by atoms with Crippen molar-refractivity contribution in [2.75, 3.05) is 13.7 Å². The molecule has 0 rings (SSSR count). The molecular weight excluding hydrogens is 154 g/mol. The van der Waals surface area contributed by atoms with Gasteiger partial charge in [-0.3, -0.25) is 0 Å². The Hall–Kier alpha value is 0.137. The van der Waals surface area contributed by atoms with Crippen LogP contribution in [0.4, 0.5) is 0 Å². The molecule has 0 aliphatic heterocycles. The Morgan fingerprint density at radius 1 is 1.27 bits per heavy atom. The molecule has 0 spiro atoms. The van der Waals surface area contributed by atoms with Crippen LogP contribution in [0.15, 0.2) is 0 Å².